The number of hydrogen-bond donors (Lipinski definition) is 0. The zero-order valence-corrected chi connectivity index (χ0v) is 17.5. The van der Waals surface area contributed by atoms with Crippen LogP contribution in [0.4, 0.5) is 5.82 Å². The highest BCUT2D eigenvalue weighted by atomic mass is 32.2. The first kappa shape index (κ1) is 19.0. The lowest BCUT2D eigenvalue weighted by Gasteiger charge is -2.34. The molecule has 4 rings (SSSR count). The maximum atomic E-state index is 12.6. The van der Waals surface area contributed by atoms with Crippen molar-refractivity contribution in [2.45, 2.75) is 18.1 Å². The summed E-state index contributed by atoms with van der Waals surface area (Å²) in [5, 5.41) is 10.6. The van der Waals surface area contributed by atoms with E-state index in [4.69, 9.17) is 0 Å². The number of sulfonamides is 1. The van der Waals surface area contributed by atoms with E-state index in [0.717, 1.165) is 17.1 Å². The second-order valence-electron chi connectivity index (χ2n) is 6.92. The molecule has 3 heterocycles. The molecule has 0 radical (unpaired) electrons. The van der Waals surface area contributed by atoms with E-state index in [2.05, 4.69) is 47.1 Å². The Labute approximate surface area is 169 Å². The summed E-state index contributed by atoms with van der Waals surface area (Å²) in [6.45, 7) is 6.24. The van der Waals surface area contributed by atoms with Gasteiger partial charge in [0.25, 0.3) is 10.0 Å². The van der Waals surface area contributed by atoms with Crippen LogP contribution in [0.3, 0.4) is 0 Å². The molecule has 0 aliphatic carbocycles. The van der Waals surface area contributed by atoms with Crippen molar-refractivity contribution in [2.75, 3.05) is 31.1 Å². The molecule has 6 nitrogen and oxygen atoms in total. The standard InChI is InChI=1S/C20H22N4O2S2/c1-15-5-6-17(16(2)14-15)18-7-8-19(22-21-18)23-9-11-24(12-10-23)28(25,26)20-4-3-13-27-20/h3-8,13-14H,9-12H2,1-2H3. The fraction of sp³-hybridized carbons (Fsp3) is 0.300. The summed E-state index contributed by atoms with van der Waals surface area (Å²) < 4.78 is 27.2. The molecule has 0 bridgehead atoms. The predicted octanol–water partition coefficient (Wildman–Crippen LogP) is 3.33. The number of piperazine rings is 1. The molecule has 1 aromatic carbocycles. The van der Waals surface area contributed by atoms with Gasteiger partial charge in [-0.3, -0.25) is 0 Å². The molecule has 1 saturated heterocycles. The summed E-state index contributed by atoms with van der Waals surface area (Å²) in [6, 6.07) is 13.6. The second-order valence-corrected chi connectivity index (χ2v) is 10.0. The Morgan fingerprint density at radius 2 is 1.75 bits per heavy atom. The summed E-state index contributed by atoms with van der Waals surface area (Å²) in [7, 11) is -3.39. The molecule has 1 fully saturated rings. The van der Waals surface area contributed by atoms with Crippen LogP contribution >= 0.6 is 11.3 Å². The van der Waals surface area contributed by atoms with Crippen LogP contribution in [0.15, 0.2) is 52.1 Å². The van der Waals surface area contributed by atoms with Crippen LogP contribution in [0.5, 0.6) is 0 Å². The molecule has 28 heavy (non-hydrogen) atoms. The van der Waals surface area contributed by atoms with Crippen LogP contribution < -0.4 is 4.90 Å². The molecule has 1 aliphatic heterocycles. The molecular formula is C20H22N4O2S2. The van der Waals surface area contributed by atoms with Crippen molar-refractivity contribution in [2.24, 2.45) is 0 Å². The van der Waals surface area contributed by atoms with Gasteiger partial charge >= 0.3 is 0 Å². The van der Waals surface area contributed by atoms with E-state index in [0.29, 0.717) is 30.4 Å². The first-order chi connectivity index (χ1) is 13.4. The quantitative estimate of drug-likeness (QED) is 0.655. The topological polar surface area (TPSA) is 66.4 Å². The molecule has 2 aromatic heterocycles. The van der Waals surface area contributed by atoms with Gasteiger partial charge in [-0.05, 0) is 43.0 Å². The molecule has 0 atom stereocenters. The summed E-state index contributed by atoms with van der Waals surface area (Å²) in [6.07, 6.45) is 0. The van der Waals surface area contributed by atoms with E-state index in [-0.39, 0.29) is 0 Å². The number of nitrogens with zero attached hydrogens (tertiary/aromatic N) is 4. The van der Waals surface area contributed by atoms with Gasteiger partial charge in [0.05, 0.1) is 5.69 Å². The lowest BCUT2D eigenvalue weighted by Crippen LogP contribution is -2.48. The monoisotopic (exact) mass is 414 g/mol. The van der Waals surface area contributed by atoms with Crippen molar-refractivity contribution in [1.29, 1.82) is 0 Å². The number of rotatable bonds is 4. The first-order valence-electron chi connectivity index (χ1n) is 9.15. The zero-order valence-electron chi connectivity index (χ0n) is 15.9. The average molecular weight is 415 g/mol. The van der Waals surface area contributed by atoms with Crippen molar-refractivity contribution >= 4 is 27.2 Å². The Balaban J connectivity index is 1.45. The highest BCUT2D eigenvalue weighted by Crippen LogP contribution is 2.25. The Morgan fingerprint density at radius 1 is 0.964 bits per heavy atom. The first-order valence-corrected chi connectivity index (χ1v) is 11.5. The smallest absolute Gasteiger partial charge is 0.252 e. The molecule has 3 aromatic rings. The van der Waals surface area contributed by atoms with E-state index in [1.54, 1.807) is 21.8 Å². The largest absolute Gasteiger partial charge is 0.352 e. The molecule has 1 aliphatic rings. The Kier molecular flexibility index (Phi) is 5.18. The van der Waals surface area contributed by atoms with Gasteiger partial charge in [-0.15, -0.1) is 21.5 Å². The van der Waals surface area contributed by atoms with Crippen LogP contribution in [0.25, 0.3) is 11.3 Å². The average Bonchev–Trinajstić information content (AvgIpc) is 3.24. The number of thiophene rings is 1. The van der Waals surface area contributed by atoms with Crippen molar-refractivity contribution < 1.29 is 8.42 Å². The SMILES string of the molecule is Cc1ccc(-c2ccc(N3CCN(S(=O)(=O)c4cccs4)CC3)nn2)c(C)c1. The molecule has 0 amide bonds. The van der Waals surface area contributed by atoms with Crippen molar-refractivity contribution in [1.82, 2.24) is 14.5 Å². The highest BCUT2D eigenvalue weighted by Gasteiger charge is 2.29. The minimum absolute atomic E-state index is 0.401. The molecule has 0 unspecified atom stereocenters. The molecular weight excluding hydrogens is 392 g/mol. The molecule has 0 N–H and O–H groups in total. The minimum Gasteiger partial charge on any atom is -0.352 e. The summed E-state index contributed by atoms with van der Waals surface area (Å²) in [4.78, 5) is 2.08. The highest BCUT2D eigenvalue weighted by molar-refractivity contribution is 7.91. The Morgan fingerprint density at radius 3 is 2.36 bits per heavy atom. The maximum absolute atomic E-state index is 12.6. The zero-order chi connectivity index (χ0) is 19.7. The van der Waals surface area contributed by atoms with Gasteiger partial charge in [0.1, 0.15) is 4.21 Å². The normalized spacial score (nSPS) is 15.7. The van der Waals surface area contributed by atoms with E-state index in [1.807, 2.05) is 12.1 Å². The number of aromatic nitrogens is 2. The van der Waals surface area contributed by atoms with Gasteiger partial charge in [-0.2, -0.15) is 4.31 Å². The van der Waals surface area contributed by atoms with Gasteiger partial charge in [-0.1, -0.05) is 29.8 Å². The van der Waals surface area contributed by atoms with Crippen LogP contribution in [-0.2, 0) is 10.0 Å². The van der Waals surface area contributed by atoms with Crippen molar-refractivity contribution in [3.63, 3.8) is 0 Å². The lowest BCUT2D eigenvalue weighted by molar-refractivity contribution is 0.384. The van der Waals surface area contributed by atoms with Gasteiger partial charge in [0.15, 0.2) is 5.82 Å². The van der Waals surface area contributed by atoms with Crippen LogP contribution in [-0.4, -0.2) is 49.1 Å². The third-order valence-electron chi connectivity index (χ3n) is 4.96. The van der Waals surface area contributed by atoms with Crippen LogP contribution in [0, 0.1) is 13.8 Å². The van der Waals surface area contributed by atoms with Gasteiger partial charge in [0, 0.05) is 31.7 Å². The van der Waals surface area contributed by atoms with E-state index in [9.17, 15) is 8.42 Å². The third-order valence-corrected chi connectivity index (χ3v) is 8.23. The summed E-state index contributed by atoms with van der Waals surface area (Å²) in [5.74, 6) is 0.779. The molecule has 8 heteroatoms. The molecule has 0 spiro atoms. The summed E-state index contributed by atoms with van der Waals surface area (Å²) in [5.41, 5.74) is 4.33. The maximum Gasteiger partial charge on any atom is 0.252 e. The van der Waals surface area contributed by atoms with Crippen molar-refractivity contribution in [3.05, 3.63) is 59.0 Å². The predicted molar refractivity (Wildman–Crippen MR) is 112 cm³/mol. The van der Waals surface area contributed by atoms with Crippen LogP contribution in [0.1, 0.15) is 11.1 Å². The third kappa shape index (κ3) is 3.67. The fourth-order valence-electron chi connectivity index (χ4n) is 3.43. The number of aryl methyl sites for hydroxylation is 2. The number of benzene rings is 1. The number of anilines is 1. The molecule has 0 saturated carbocycles. The second kappa shape index (κ2) is 7.62. The lowest BCUT2D eigenvalue weighted by atomic mass is 10.0. The van der Waals surface area contributed by atoms with Gasteiger partial charge < -0.3 is 4.90 Å². The van der Waals surface area contributed by atoms with E-state index >= 15 is 0 Å². The van der Waals surface area contributed by atoms with Gasteiger partial charge in [-0.25, -0.2) is 8.42 Å². The molecule has 146 valence electrons. The van der Waals surface area contributed by atoms with E-state index in [1.165, 1.54) is 22.5 Å². The number of hydrogen-bond acceptors (Lipinski definition) is 6. The Hall–Kier alpha value is -2.29. The van der Waals surface area contributed by atoms with Crippen molar-refractivity contribution in [3.8, 4) is 11.3 Å². The van der Waals surface area contributed by atoms with Gasteiger partial charge in [0.2, 0.25) is 0 Å². The fourth-order valence-corrected chi connectivity index (χ4v) is 6.00. The van der Waals surface area contributed by atoms with E-state index < -0.39 is 10.0 Å². The Bertz CT molecular complexity index is 1060. The minimum atomic E-state index is -3.39. The van der Waals surface area contributed by atoms with Crippen LogP contribution in [0.2, 0.25) is 0 Å². The summed E-state index contributed by atoms with van der Waals surface area (Å²) >= 11 is 1.26.